The number of aromatic nitrogens is 2. The fourth-order valence-electron chi connectivity index (χ4n) is 1.80. The van der Waals surface area contributed by atoms with Crippen molar-refractivity contribution >= 4 is 23.2 Å². The maximum atomic E-state index is 6.13. The van der Waals surface area contributed by atoms with E-state index in [1.165, 1.54) is 0 Å². The Kier molecular flexibility index (Phi) is 3.72. The third-order valence-electron chi connectivity index (χ3n) is 2.71. The van der Waals surface area contributed by atoms with Crippen molar-refractivity contribution in [3.8, 4) is 0 Å². The molecule has 0 saturated heterocycles. The van der Waals surface area contributed by atoms with Crippen molar-refractivity contribution in [3.63, 3.8) is 0 Å². The minimum atomic E-state index is -0.140. The van der Waals surface area contributed by atoms with E-state index in [4.69, 9.17) is 28.9 Å². The molecule has 2 rings (SSSR count). The van der Waals surface area contributed by atoms with Gasteiger partial charge in [0.15, 0.2) is 0 Å². The SMILES string of the molecule is Cn1nccc1C(N)Cc1cccc(Cl)c1Cl. The topological polar surface area (TPSA) is 43.8 Å². The molecule has 0 aliphatic heterocycles. The van der Waals surface area contributed by atoms with Crippen LogP contribution < -0.4 is 5.73 Å². The summed E-state index contributed by atoms with van der Waals surface area (Å²) in [5, 5.41) is 5.23. The van der Waals surface area contributed by atoms with Gasteiger partial charge in [0.25, 0.3) is 0 Å². The van der Waals surface area contributed by atoms with Crippen LogP contribution in [0.4, 0.5) is 0 Å². The minimum Gasteiger partial charge on any atom is -0.322 e. The van der Waals surface area contributed by atoms with Crippen LogP contribution in [-0.2, 0) is 13.5 Å². The molecule has 0 bridgehead atoms. The summed E-state index contributed by atoms with van der Waals surface area (Å²) in [6.07, 6.45) is 2.37. The summed E-state index contributed by atoms with van der Waals surface area (Å²) >= 11 is 12.1. The summed E-state index contributed by atoms with van der Waals surface area (Å²) in [5.41, 5.74) is 8.05. The normalized spacial score (nSPS) is 12.7. The van der Waals surface area contributed by atoms with Crippen LogP contribution in [0.1, 0.15) is 17.3 Å². The van der Waals surface area contributed by atoms with Gasteiger partial charge in [-0.2, -0.15) is 5.10 Å². The lowest BCUT2D eigenvalue weighted by atomic mass is 10.0. The first-order valence-corrected chi connectivity index (χ1v) is 6.01. The summed E-state index contributed by atoms with van der Waals surface area (Å²) in [4.78, 5) is 0. The first-order chi connectivity index (χ1) is 8.09. The lowest BCUT2D eigenvalue weighted by molar-refractivity contribution is 0.617. The Balaban J connectivity index is 2.22. The number of benzene rings is 1. The average Bonchev–Trinajstić information content (AvgIpc) is 2.71. The van der Waals surface area contributed by atoms with Crippen LogP contribution in [0.2, 0.25) is 10.0 Å². The van der Waals surface area contributed by atoms with Crippen LogP contribution in [-0.4, -0.2) is 9.78 Å². The number of hydrogen-bond acceptors (Lipinski definition) is 2. The van der Waals surface area contributed by atoms with Gasteiger partial charge in [-0.1, -0.05) is 35.3 Å². The summed E-state index contributed by atoms with van der Waals surface area (Å²) in [6.45, 7) is 0. The Labute approximate surface area is 110 Å². The predicted molar refractivity (Wildman–Crippen MR) is 70.3 cm³/mol. The van der Waals surface area contributed by atoms with Crippen LogP contribution in [0.15, 0.2) is 30.5 Å². The van der Waals surface area contributed by atoms with E-state index in [0.29, 0.717) is 16.5 Å². The van der Waals surface area contributed by atoms with Crippen LogP contribution in [0, 0.1) is 0 Å². The predicted octanol–water partition coefficient (Wildman–Crippen LogP) is 2.97. The minimum absolute atomic E-state index is 0.140. The van der Waals surface area contributed by atoms with Gasteiger partial charge in [0.1, 0.15) is 0 Å². The fourth-order valence-corrected chi connectivity index (χ4v) is 2.19. The second-order valence-electron chi connectivity index (χ2n) is 3.90. The lowest BCUT2D eigenvalue weighted by Crippen LogP contribution is -2.17. The van der Waals surface area contributed by atoms with E-state index in [-0.39, 0.29) is 6.04 Å². The van der Waals surface area contributed by atoms with Gasteiger partial charge in [0.2, 0.25) is 0 Å². The van der Waals surface area contributed by atoms with Crippen molar-refractivity contribution in [2.24, 2.45) is 12.8 Å². The standard InChI is InChI=1S/C12H13Cl2N3/c1-17-11(5-6-16-17)10(15)7-8-3-2-4-9(13)12(8)14/h2-6,10H,7,15H2,1H3. The Morgan fingerprint density at radius 2 is 2.12 bits per heavy atom. The third-order valence-corrected chi connectivity index (χ3v) is 3.57. The molecule has 3 nitrogen and oxygen atoms in total. The first kappa shape index (κ1) is 12.4. The zero-order valence-electron chi connectivity index (χ0n) is 9.40. The van der Waals surface area contributed by atoms with Gasteiger partial charge in [-0.3, -0.25) is 4.68 Å². The maximum absolute atomic E-state index is 6.13. The van der Waals surface area contributed by atoms with Gasteiger partial charge >= 0.3 is 0 Å². The summed E-state index contributed by atoms with van der Waals surface area (Å²) in [6, 6.07) is 7.34. The Hall–Kier alpha value is -1.03. The van der Waals surface area contributed by atoms with Crippen molar-refractivity contribution < 1.29 is 0 Å². The maximum Gasteiger partial charge on any atom is 0.0624 e. The Bertz CT molecular complexity index is 522. The molecule has 1 heterocycles. The molecule has 1 atom stereocenters. The molecule has 0 radical (unpaired) electrons. The molecule has 0 aliphatic rings. The highest BCUT2D eigenvalue weighted by Gasteiger charge is 2.13. The molecule has 2 N–H and O–H groups in total. The average molecular weight is 270 g/mol. The number of aryl methyl sites for hydroxylation is 1. The van der Waals surface area contributed by atoms with Crippen molar-refractivity contribution in [2.45, 2.75) is 12.5 Å². The van der Waals surface area contributed by atoms with Crippen molar-refractivity contribution in [1.29, 1.82) is 0 Å². The summed E-state index contributed by atoms with van der Waals surface area (Å²) < 4.78 is 1.77. The Morgan fingerprint density at radius 3 is 2.76 bits per heavy atom. The second kappa shape index (κ2) is 5.08. The molecule has 1 aromatic carbocycles. The van der Waals surface area contributed by atoms with Gasteiger partial charge < -0.3 is 5.73 Å². The van der Waals surface area contributed by atoms with E-state index in [0.717, 1.165) is 11.3 Å². The lowest BCUT2D eigenvalue weighted by Gasteiger charge is -2.13. The first-order valence-electron chi connectivity index (χ1n) is 5.26. The van der Waals surface area contributed by atoms with Gasteiger partial charge in [-0.15, -0.1) is 0 Å². The van der Waals surface area contributed by atoms with Crippen LogP contribution in [0.25, 0.3) is 0 Å². The zero-order valence-corrected chi connectivity index (χ0v) is 10.9. The third kappa shape index (κ3) is 2.63. The smallest absolute Gasteiger partial charge is 0.0624 e. The second-order valence-corrected chi connectivity index (χ2v) is 4.69. The van der Waals surface area contributed by atoms with Gasteiger partial charge in [-0.05, 0) is 24.1 Å². The Morgan fingerprint density at radius 1 is 1.35 bits per heavy atom. The quantitative estimate of drug-likeness (QED) is 0.931. The summed E-state index contributed by atoms with van der Waals surface area (Å²) in [5.74, 6) is 0. The summed E-state index contributed by atoms with van der Waals surface area (Å²) in [7, 11) is 1.87. The highest BCUT2D eigenvalue weighted by atomic mass is 35.5. The molecule has 0 fully saturated rings. The van der Waals surface area contributed by atoms with Gasteiger partial charge in [0.05, 0.1) is 21.8 Å². The number of halogens is 2. The highest BCUT2D eigenvalue weighted by Crippen LogP contribution is 2.28. The molecule has 5 heteroatoms. The molecule has 0 spiro atoms. The number of hydrogen-bond donors (Lipinski definition) is 1. The van der Waals surface area contributed by atoms with Crippen LogP contribution >= 0.6 is 23.2 Å². The molecule has 0 saturated carbocycles. The number of nitrogens with two attached hydrogens (primary N) is 1. The number of rotatable bonds is 3. The molecule has 17 heavy (non-hydrogen) atoms. The van der Waals surface area contributed by atoms with E-state index in [2.05, 4.69) is 5.10 Å². The van der Waals surface area contributed by atoms with Crippen molar-refractivity contribution in [2.75, 3.05) is 0 Å². The molecule has 90 valence electrons. The van der Waals surface area contributed by atoms with E-state index >= 15 is 0 Å². The van der Waals surface area contributed by atoms with Gasteiger partial charge in [-0.25, -0.2) is 0 Å². The largest absolute Gasteiger partial charge is 0.322 e. The molecule has 0 aliphatic carbocycles. The molecular weight excluding hydrogens is 257 g/mol. The molecule has 1 unspecified atom stereocenters. The molecule has 2 aromatic rings. The monoisotopic (exact) mass is 269 g/mol. The van der Waals surface area contributed by atoms with Crippen LogP contribution in [0.5, 0.6) is 0 Å². The van der Waals surface area contributed by atoms with Crippen molar-refractivity contribution in [1.82, 2.24) is 9.78 Å². The van der Waals surface area contributed by atoms with Gasteiger partial charge in [0, 0.05) is 13.2 Å². The molecule has 1 aromatic heterocycles. The van der Waals surface area contributed by atoms with Crippen molar-refractivity contribution in [3.05, 3.63) is 51.8 Å². The molecule has 0 amide bonds. The van der Waals surface area contributed by atoms with E-state index in [1.807, 2.05) is 25.2 Å². The number of nitrogens with zero attached hydrogens (tertiary/aromatic N) is 2. The fraction of sp³-hybridized carbons (Fsp3) is 0.250. The molecular formula is C12H13Cl2N3. The van der Waals surface area contributed by atoms with E-state index in [9.17, 15) is 0 Å². The zero-order chi connectivity index (χ0) is 12.4. The van der Waals surface area contributed by atoms with E-state index in [1.54, 1.807) is 16.9 Å². The highest BCUT2D eigenvalue weighted by molar-refractivity contribution is 6.42. The van der Waals surface area contributed by atoms with E-state index < -0.39 is 0 Å². The van der Waals surface area contributed by atoms with Crippen LogP contribution in [0.3, 0.4) is 0 Å².